The number of unbranched alkanes of at least 4 members (excludes halogenated alkanes) is 11. The van der Waals surface area contributed by atoms with Crippen LogP contribution >= 0.6 is 0 Å². The molecule has 0 spiro atoms. The molecule has 0 heterocycles. The van der Waals surface area contributed by atoms with E-state index in [4.69, 9.17) is 5.11 Å². The highest BCUT2D eigenvalue weighted by Crippen LogP contribution is 2.12. The zero-order valence-electron chi connectivity index (χ0n) is 14.3. The first-order chi connectivity index (χ1) is 10.3. The largest absolute Gasteiger partial charge is 0.396 e. The number of hydrogen-bond donors (Lipinski definition) is 3. The zero-order chi connectivity index (χ0) is 15.6. The molecular formula is C18H39NO2. The summed E-state index contributed by atoms with van der Waals surface area (Å²) in [4.78, 5) is 0. The van der Waals surface area contributed by atoms with Gasteiger partial charge in [-0.15, -0.1) is 0 Å². The Morgan fingerprint density at radius 2 is 1.24 bits per heavy atom. The van der Waals surface area contributed by atoms with Crippen molar-refractivity contribution in [1.82, 2.24) is 5.32 Å². The van der Waals surface area contributed by atoms with Gasteiger partial charge in [-0.05, 0) is 32.2 Å². The van der Waals surface area contributed by atoms with Gasteiger partial charge in [0.15, 0.2) is 0 Å². The standard InChI is InChI=1S/C18H39NO2/c1-2-3-4-5-6-7-8-9-10-11-12-15-18(21)19-16-13-14-17-20/h18-21H,2-17H2,1H3. The van der Waals surface area contributed by atoms with Gasteiger partial charge in [-0.1, -0.05) is 71.1 Å². The van der Waals surface area contributed by atoms with Gasteiger partial charge in [0.2, 0.25) is 0 Å². The van der Waals surface area contributed by atoms with Crippen molar-refractivity contribution >= 4 is 0 Å². The van der Waals surface area contributed by atoms with Gasteiger partial charge >= 0.3 is 0 Å². The normalized spacial score (nSPS) is 12.7. The number of rotatable bonds is 17. The first-order valence-corrected chi connectivity index (χ1v) is 9.33. The predicted molar refractivity (Wildman–Crippen MR) is 91.4 cm³/mol. The predicted octanol–water partition coefficient (Wildman–Crippen LogP) is 4.37. The smallest absolute Gasteiger partial charge is 0.104 e. The van der Waals surface area contributed by atoms with Crippen LogP contribution in [0, 0.1) is 0 Å². The molecule has 1 unspecified atom stereocenters. The summed E-state index contributed by atoms with van der Waals surface area (Å²) in [5.74, 6) is 0. The summed E-state index contributed by atoms with van der Waals surface area (Å²) in [5, 5.41) is 21.5. The number of nitrogens with one attached hydrogen (secondary N) is 1. The van der Waals surface area contributed by atoms with E-state index in [1.807, 2.05) is 0 Å². The summed E-state index contributed by atoms with van der Waals surface area (Å²) in [6.07, 6.45) is 17.0. The van der Waals surface area contributed by atoms with Crippen LogP contribution in [0.5, 0.6) is 0 Å². The molecule has 0 amide bonds. The van der Waals surface area contributed by atoms with E-state index < -0.39 is 0 Å². The zero-order valence-corrected chi connectivity index (χ0v) is 14.3. The van der Waals surface area contributed by atoms with Crippen molar-refractivity contribution in [3.8, 4) is 0 Å². The molecule has 21 heavy (non-hydrogen) atoms. The maximum absolute atomic E-state index is 9.72. The van der Waals surface area contributed by atoms with Gasteiger partial charge in [-0.3, -0.25) is 5.32 Å². The van der Waals surface area contributed by atoms with Crippen LogP contribution in [-0.4, -0.2) is 29.6 Å². The summed E-state index contributed by atoms with van der Waals surface area (Å²) in [6, 6.07) is 0. The molecule has 0 saturated heterocycles. The van der Waals surface area contributed by atoms with E-state index in [0.717, 1.165) is 32.2 Å². The molecule has 3 nitrogen and oxygen atoms in total. The maximum Gasteiger partial charge on any atom is 0.104 e. The summed E-state index contributed by atoms with van der Waals surface area (Å²) in [7, 11) is 0. The van der Waals surface area contributed by atoms with E-state index in [-0.39, 0.29) is 12.8 Å². The molecule has 3 N–H and O–H groups in total. The monoisotopic (exact) mass is 301 g/mol. The molecule has 0 aromatic rings. The lowest BCUT2D eigenvalue weighted by molar-refractivity contribution is 0.123. The Morgan fingerprint density at radius 1 is 0.714 bits per heavy atom. The van der Waals surface area contributed by atoms with Gasteiger partial charge in [0, 0.05) is 6.61 Å². The van der Waals surface area contributed by atoms with Crippen LogP contribution in [0.15, 0.2) is 0 Å². The van der Waals surface area contributed by atoms with Crippen molar-refractivity contribution < 1.29 is 10.2 Å². The summed E-state index contributed by atoms with van der Waals surface area (Å²) in [5.41, 5.74) is 0. The fourth-order valence-corrected chi connectivity index (χ4v) is 2.61. The Morgan fingerprint density at radius 3 is 1.76 bits per heavy atom. The molecule has 0 fully saturated rings. The van der Waals surface area contributed by atoms with Crippen LogP contribution in [0.3, 0.4) is 0 Å². The average Bonchev–Trinajstić information content (AvgIpc) is 2.49. The van der Waals surface area contributed by atoms with Crippen LogP contribution in [0.1, 0.15) is 96.8 Å². The Hall–Kier alpha value is -0.120. The van der Waals surface area contributed by atoms with E-state index in [1.54, 1.807) is 0 Å². The van der Waals surface area contributed by atoms with Crippen LogP contribution in [0.2, 0.25) is 0 Å². The van der Waals surface area contributed by atoms with Crippen LogP contribution in [0.4, 0.5) is 0 Å². The molecule has 128 valence electrons. The highest BCUT2D eigenvalue weighted by molar-refractivity contribution is 4.55. The Bertz CT molecular complexity index is 188. The van der Waals surface area contributed by atoms with Crippen LogP contribution < -0.4 is 5.32 Å². The van der Waals surface area contributed by atoms with E-state index in [9.17, 15) is 5.11 Å². The Balaban J connectivity index is 3.07. The highest BCUT2D eigenvalue weighted by atomic mass is 16.3. The molecule has 0 aliphatic heterocycles. The second kappa shape index (κ2) is 17.9. The molecule has 0 aliphatic carbocycles. The lowest BCUT2D eigenvalue weighted by Crippen LogP contribution is -2.29. The maximum atomic E-state index is 9.72. The van der Waals surface area contributed by atoms with E-state index in [0.29, 0.717) is 0 Å². The van der Waals surface area contributed by atoms with Gasteiger partial charge in [0.05, 0.1) is 0 Å². The molecule has 3 heteroatoms. The minimum Gasteiger partial charge on any atom is -0.396 e. The highest BCUT2D eigenvalue weighted by Gasteiger charge is 2.02. The Kier molecular flexibility index (Phi) is 17.8. The third-order valence-electron chi connectivity index (χ3n) is 4.05. The molecule has 0 rings (SSSR count). The van der Waals surface area contributed by atoms with Gasteiger partial charge in [-0.2, -0.15) is 0 Å². The quantitative estimate of drug-likeness (QED) is 0.276. The van der Waals surface area contributed by atoms with E-state index in [2.05, 4.69) is 12.2 Å². The third kappa shape index (κ3) is 17.8. The van der Waals surface area contributed by atoms with Gasteiger partial charge < -0.3 is 10.2 Å². The van der Waals surface area contributed by atoms with Crippen molar-refractivity contribution in [2.24, 2.45) is 0 Å². The number of hydrogen-bond acceptors (Lipinski definition) is 3. The molecule has 0 radical (unpaired) electrons. The van der Waals surface area contributed by atoms with Crippen molar-refractivity contribution in [2.45, 2.75) is 103 Å². The first kappa shape index (κ1) is 20.9. The molecule has 0 aromatic carbocycles. The Labute approximate surface area is 132 Å². The minimum absolute atomic E-state index is 0.246. The van der Waals surface area contributed by atoms with Crippen molar-refractivity contribution in [1.29, 1.82) is 0 Å². The topological polar surface area (TPSA) is 52.5 Å². The number of aliphatic hydroxyl groups excluding tert-OH is 2. The first-order valence-electron chi connectivity index (χ1n) is 9.33. The summed E-state index contributed by atoms with van der Waals surface area (Å²) >= 11 is 0. The fourth-order valence-electron chi connectivity index (χ4n) is 2.61. The lowest BCUT2D eigenvalue weighted by atomic mass is 10.1. The molecule has 0 saturated carbocycles. The molecule has 0 aliphatic rings. The molecular weight excluding hydrogens is 262 g/mol. The fraction of sp³-hybridized carbons (Fsp3) is 1.00. The SMILES string of the molecule is CCCCCCCCCCCCCC(O)NCCCCO. The molecule has 0 aromatic heterocycles. The number of aliphatic hydroxyl groups is 2. The van der Waals surface area contributed by atoms with Gasteiger partial charge in [0.1, 0.15) is 6.23 Å². The average molecular weight is 302 g/mol. The van der Waals surface area contributed by atoms with Crippen molar-refractivity contribution in [3.63, 3.8) is 0 Å². The second-order valence-electron chi connectivity index (χ2n) is 6.22. The third-order valence-corrected chi connectivity index (χ3v) is 4.05. The second-order valence-corrected chi connectivity index (χ2v) is 6.22. The summed E-state index contributed by atoms with van der Waals surface area (Å²) < 4.78 is 0. The summed E-state index contributed by atoms with van der Waals surface area (Å²) in [6.45, 7) is 3.32. The van der Waals surface area contributed by atoms with Gasteiger partial charge in [-0.25, -0.2) is 0 Å². The van der Waals surface area contributed by atoms with Crippen LogP contribution in [0.25, 0.3) is 0 Å². The lowest BCUT2D eigenvalue weighted by Gasteiger charge is -2.12. The molecule has 0 bridgehead atoms. The van der Waals surface area contributed by atoms with Gasteiger partial charge in [0.25, 0.3) is 0 Å². The van der Waals surface area contributed by atoms with Crippen LogP contribution in [-0.2, 0) is 0 Å². The minimum atomic E-state index is -0.359. The van der Waals surface area contributed by atoms with E-state index >= 15 is 0 Å². The van der Waals surface area contributed by atoms with Crippen molar-refractivity contribution in [2.75, 3.05) is 13.2 Å². The van der Waals surface area contributed by atoms with Crippen molar-refractivity contribution in [3.05, 3.63) is 0 Å². The van der Waals surface area contributed by atoms with E-state index in [1.165, 1.54) is 64.2 Å². The molecule has 1 atom stereocenters.